The Balaban J connectivity index is 2.23. The van der Waals surface area contributed by atoms with Crippen LogP contribution in [0.1, 0.15) is 26.2 Å². The fraction of sp³-hybridized carbons (Fsp3) is 1.00. The Morgan fingerprint density at radius 2 is 2.33 bits per heavy atom. The lowest BCUT2D eigenvalue weighted by Gasteiger charge is -2.23. The van der Waals surface area contributed by atoms with Crippen LogP contribution in [0.15, 0.2) is 0 Å². The minimum absolute atomic E-state index is 0.398. The molecule has 1 fully saturated rings. The van der Waals surface area contributed by atoms with Crippen molar-refractivity contribution in [3.8, 4) is 0 Å². The molecule has 2 atom stereocenters. The van der Waals surface area contributed by atoms with E-state index in [4.69, 9.17) is 5.73 Å². The van der Waals surface area contributed by atoms with Crippen molar-refractivity contribution < 1.29 is 0 Å². The second-order valence-corrected chi connectivity index (χ2v) is 4.11. The number of nitrogens with two attached hydrogens (primary N) is 1. The van der Waals surface area contributed by atoms with Gasteiger partial charge in [0.25, 0.3) is 0 Å². The van der Waals surface area contributed by atoms with E-state index in [1.165, 1.54) is 25.0 Å². The summed E-state index contributed by atoms with van der Waals surface area (Å²) >= 11 is 2.05. The number of hydrogen-bond acceptors (Lipinski definition) is 2. The Labute approximate surface area is 61.4 Å². The first kappa shape index (κ1) is 7.42. The van der Waals surface area contributed by atoms with Gasteiger partial charge >= 0.3 is 0 Å². The summed E-state index contributed by atoms with van der Waals surface area (Å²) in [5, 5.41) is 0.749. The third-order valence-corrected chi connectivity index (χ3v) is 3.42. The first-order valence-corrected chi connectivity index (χ1v) is 4.73. The van der Waals surface area contributed by atoms with Crippen molar-refractivity contribution in [2.24, 2.45) is 5.73 Å². The second kappa shape index (κ2) is 3.47. The van der Waals surface area contributed by atoms with Gasteiger partial charge in [-0.15, -0.1) is 0 Å². The van der Waals surface area contributed by atoms with E-state index < -0.39 is 0 Å². The average molecular weight is 145 g/mol. The normalized spacial score (nSPS) is 32.0. The fourth-order valence-electron chi connectivity index (χ4n) is 1.18. The van der Waals surface area contributed by atoms with E-state index in [2.05, 4.69) is 6.92 Å². The summed E-state index contributed by atoms with van der Waals surface area (Å²) in [5.41, 5.74) is 5.75. The van der Waals surface area contributed by atoms with Crippen molar-refractivity contribution in [3.63, 3.8) is 0 Å². The molecule has 1 heterocycles. The molecule has 2 unspecified atom stereocenters. The predicted molar refractivity (Wildman–Crippen MR) is 43.7 cm³/mol. The number of hydrogen-bond donors (Lipinski definition) is 1. The Hall–Kier alpha value is 0.310. The smallest absolute Gasteiger partial charge is 0.0196 e. The first-order chi connectivity index (χ1) is 4.30. The quantitative estimate of drug-likeness (QED) is 0.607. The lowest BCUT2D eigenvalue weighted by atomic mass is 10.1. The van der Waals surface area contributed by atoms with E-state index in [1.54, 1.807) is 0 Å². The van der Waals surface area contributed by atoms with Gasteiger partial charge in [-0.3, -0.25) is 0 Å². The lowest BCUT2D eigenvalue weighted by Crippen LogP contribution is -2.30. The van der Waals surface area contributed by atoms with Crippen LogP contribution < -0.4 is 5.73 Å². The highest BCUT2D eigenvalue weighted by molar-refractivity contribution is 8.00. The molecule has 2 heteroatoms. The molecule has 0 aromatic rings. The third kappa shape index (κ3) is 2.18. The van der Waals surface area contributed by atoms with Gasteiger partial charge in [-0.05, 0) is 25.5 Å². The van der Waals surface area contributed by atoms with Crippen LogP contribution in [0.25, 0.3) is 0 Å². The summed E-state index contributed by atoms with van der Waals surface area (Å²) in [6, 6.07) is 0.398. The van der Waals surface area contributed by atoms with E-state index >= 15 is 0 Å². The van der Waals surface area contributed by atoms with E-state index in [-0.39, 0.29) is 0 Å². The molecule has 54 valence electrons. The highest BCUT2D eigenvalue weighted by atomic mass is 32.2. The Kier molecular flexibility index (Phi) is 2.86. The third-order valence-electron chi connectivity index (χ3n) is 1.80. The van der Waals surface area contributed by atoms with Gasteiger partial charge in [0.2, 0.25) is 0 Å². The average Bonchev–Trinajstić information content (AvgIpc) is 1.90. The van der Waals surface area contributed by atoms with E-state index in [1.807, 2.05) is 11.8 Å². The molecule has 1 aliphatic rings. The summed E-state index contributed by atoms with van der Waals surface area (Å²) in [6.45, 7) is 2.11. The maximum absolute atomic E-state index is 5.75. The molecular weight excluding hydrogens is 130 g/mol. The van der Waals surface area contributed by atoms with E-state index in [0.29, 0.717) is 6.04 Å². The molecule has 2 N–H and O–H groups in total. The van der Waals surface area contributed by atoms with Crippen molar-refractivity contribution in [1.82, 2.24) is 0 Å². The van der Waals surface area contributed by atoms with Gasteiger partial charge in [0.05, 0.1) is 0 Å². The van der Waals surface area contributed by atoms with Crippen LogP contribution in [0.5, 0.6) is 0 Å². The minimum Gasteiger partial charge on any atom is -0.327 e. The van der Waals surface area contributed by atoms with Crippen LogP contribution in [-0.2, 0) is 0 Å². The molecule has 0 aliphatic carbocycles. The largest absolute Gasteiger partial charge is 0.327 e. The Bertz CT molecular complexity index is 77.0. The van der Waals surface area contributed by atoms with Crippen molar-refractivity contribution in [1.29, 1.82) is 0 Å². The van der Waals surface area contributed by atoms with Crippen LogP contribution in [-0.4, -0.2) is 17.0 Å². The number of rotatable bonds is 1. The molecule has 9 heavy (non-hydrogen) atoms. The number of thioether (sulfide) groups is 1. The van der Waals surface area contributed by atoms with E-state index in [0.717, 1.165) is 5.25 Å². The maximum atomic E-state index is 5.75. The van der Waals surface area contributed by atoms with Gasteiger partial charge < -0.3 is 5.73 Å². The molecule has 0 bridgehead atoms. The van der Waals surface area contributed by atoms with Gasteiger partial charge in [0.15, 0.2) is 0 Å². The van der Waals surface area contributed by atoms with Crippen LogP contribution in [0, 0.1) is 0 Å². The summed E-state index contributed by atoms with van der Waals surface area (Å²) in [6.07, 6.45) is 4.12. The molecule has 0 saturated carbocycles. The molecule has 1 nitrogen and oxygen atoms in total. The maximum Gasteiger partial charge on any atom is 0.0196 e. The predicted octanol–water partition coefficient (Wildman–Crippen LogP) is 1.62. The van der Waals surface area contributed by atoms with Gasteiger partial charge in [-0.2, -0.15) is 11.8 Å². The molecule has 0 amide bonds. The van der Waals surface area contributed by atoms with Gasteiger partial charge in [-0.25, -0.2) is 0 Å². The minimum atomic E-state index is 0.398. The van der Waals surface area contributed by atoms with Crippen molar-refractivity contribution >= 4 is 11.8 Å². The summed E-state index contributed by atoms with van der Waals surface area (Å²) in [5.74, 6) is 1.33. The molecule has 0 radical (unpaired) electrons. The van der Waals surface area contributed by atoms with Gasteiger partial charge in [-0.1, -0.05) is 6.42 Å². The second-order valence-electron chi connectivity index (χ2n) is 2.76. The molecular formula is C7H15NS. The molecule has 1 saturated heterocycles. The molecule has 0 aromatic carbocycles. The molecule has 1 rings (SSSR count). The summed E-state index contributed by atoms with van der Waals surface area (Å²) < 4.78 is 0. The van der Waals surface area contributed by atoms with Crippen LogP contribution in [0.4, 0.5) is 0 Å². The van der Waals surface area contributed by atoms with Crippen molar-refractivity contribution in [2.45, 2.75) is 37.5 Å². The van der Waals surface area contributed by atoms with Crippen molar-refractivity contribution in [3.05, 3.63) is 0 Å². The van der Waals surface area contributed by atoms with Crippen LogP contribution in [0.2, 0.25) is 0 Å². The topological polar surface area (TPSA) is 26.0 Å². The van der Waals surface area contributed by atoms with Gasteiger partial charge in [0, 0.05) is 11.3 Å². The monoisotopic (exact) mass is 145 g/mol. The standard InChI is InChI=1S/C7H15NS/c1-6(8)7-4-2-3-5-9-7/h6-7H,2-5,8H2,1H3. The highest BCUT2D eigenvalue weighted by Gasteiger charge is 2.16. The zero-order valence-electron chi connectivity index (χ0n) is 5.97. The molecule has 0 aromatic heterocycles. The molecule has 0 spiro atoms. The highest BCUT2D eigenvalue weighted by Crippen LogP contribution is 2.26. The Morgan fingerprint density at radius 1 is 1.56 bits per heavy atom. The zero-order chi connectivity index (χ0) is 6.69. The fourth-order valence-corrected chi connectivity index (χ4v) is 2.49. The zero-order valence-corrected chi connectivity index (χ0v) is 6.79. The van der Waals surface area contributed by atoms with Crippen LogP contribution >= 0.6 is 11.8 Å². The summed E-state index contributed by atoms with van der Waals surface area (Å²) in [4.78, 5) is 0. The lowest BCUT2D eigenvalue weighted by molar-refractivity contribution is 0.592. The Morgan fingerprint density at radius 3 is 2.67 bits per heavy atom. The summed E-state index contributed by atoms with van der Waals surface area (Å²) in [7, 11) is 0. The first-order valence-electron chi connectivity index (χ1n) is 3.68. The SMILES string of the molecule is CC(N)C1CCCCS1. The van der Waals surface area contributed by atoms with E-state index in [9.17, 15) is 0 Å². The van der Waals surface area contributed by atoms with Gasteiger partial charge in [0.1, 0.15) is 0 Å². The van der Waals surface area contributed by atoms with Crippen LogP contribution in [0.3, 0.4) is 0 Å². The van der Waals surface area contributed by atoms with Crippen molar-refractivity contribution in [2.75, 3.05) is 5.75 Å². The molecule has 1 aliphatic heterocycles.